The van der Waals surface area contributed by atoms with Crippen LogP contribution in [0.15, 0.2) is 99.4 Å². The summed E-state index contributed by atoms with van der Waals surface area (Å²) in [6, 6.07) is 21.5. The number of benzene rings is 3. The number of thiazole rings is 1. The molecular weight excluding hydrogens is 526 g/mol. The summed E-state index contributed by atoms with van der Waals surface area (Å²) in [7, 11) is 0. The molecule has 0 N–H and O–H groups in total. The molecule has 1 atom stereocenters. The van der Waals surface area contributed by atoms with Crippen LogP contribution in [0.5, 0.6) is 0 Å². The quantitative estimate of drug-likeness (QED) is 0.274. The van der Waals surface area contributed by atoms with E-state index in [2.05, 4.69) is 6.08 Å². The van der Waals surface area contributed by atoms with Crippen LogP contribution in [0.1, 0.15) is 42.0 Å². The molecule has 2 heterocycles. The van der Waals surface area contributed by atoms with Crippen LogP contribution >= 0.6 is 34.5 Å². The number of allylic oxidation sites excluding steroid dienone is 2. The maximum Gasteiger partial charge on any atom is 0.271 e. The predicted octanol–water partition coefficient (Wildman–Crippen LogP) is 6.93. The molecule has 0 fully saturated rings. The molecule has 1 aliphatic heterocycles. The summed E-state index contributed by atoms with van der Waals surface area (Å²) in [4.78, 5) is 19.4. The van der Waals surface area contributed by atoms with Gasteiger partial charge in [0.2, 0.25) is 0 Å². The minimum absolute atomic E-state index is 0.174. The monoisotopic (exact) mass is 546 g/mol. The second kappa shape index (κ2) is 9.90. The Morgan fingerprint density at radius 3 is 2.35 bits per heavy atom. The zero-order valence-electron chi connectivity index (χ0n) is 19.6. The molecule has 3 nitrogen and oxygen atoms in total. The third-order valence-electron chi connectivity index (χ3n) is 6.72. The van der Waals surface area contributed by atoms with Gasteiger partial charge in [-0.1, -0.05) is 77.0 Å². The molecule has 0 bridgehead atoms. The summed E-state index contributed by atoms with van der Waals surface area (Å²) in [6.45, 7) is 0. The fourth-order valence-electron chi connectivity index (χ4n) is 5.00. The van der Waals surface area contributed by atoms with Crippen LogP contribution in [-0.2, 0) is 0 Å². The van der Waals surface area contributed by atoms with Gasteiger partial charge < -0.3 is 0 Å². The van der Waals surface area contributed by atoms with Crippen LogP contribution in [-0.4, -0.2) is 4.57 Å². The number of nitrogens with zero attached hydrogens (tertiary/aromatic N) is 2. The van der Waals surface area contributed by atoms with E-state index in [0.29, 0.717) is 24.9 Å². The Bertz CT molecular complexity index is 1750. The number of hydrogen-bond donors (Lipinski definition) is 0. The fourth-order valence-corrected chi connectivity index (χ4v) is 6.24. The Balaban J connectivity index is 1.58. The highest BCUT2D eigenvalue weighted by Crippen LogP contribution is 2.41. The normalized spacial score (nSPS) is 18.5. The van der Waals surface area contributed by atoms with Gasteiger partial charge in [-0.25, -0.2) is 9.38 Å². The van der Waals surface area contributed by atoms with Crippen LogP contribution in [0.4, 0.5) is 4.39 Å². The first kappa shape index (κ1) is 24.1. The van der Waals surface area contributed by atoms with Gasteiger partial charge in [0.1, 0.15) is 5.82 Å². The number of rotatable bonds is 3. The van der Waals surface area contributed by atoms with Crippen molar-refractivity contribution in [3.05, 3.63) is 142 Å². The van der Waals surface area contributed by atoms with Crippen molar-refractivity contribution in [1.82, 2.24) is 4.57 Å². The van der Waals surface area contributed by atoms with Crippen molar-refractivity contribution in [2.75, 3.05) is 0 Å². The molecule has 3 aromatic carbocycles. The molecule has 37 heavy (non-hydrogen) atoms. The van der Waals surface area contributed by atoms with Gasteiger partial charge >= 0.3 is 0 Å². The van der Waals surface area contributed by atoms with Crippen LogP contribution < -0.4 is 14.9 Å². The van der Waals surface area contributed by atoms with E-state index in [1.807, 2.05) is 48.5 Å². The average Bonchev–Trinajstić information content (AvgIpc) is 3.21. The van der Waals surface area contributed by atoms with Crippen molar-refractivity contribution in [1.29, 1.82) is 0 Å². The molecule has 0 amide bonds. The summed E-state index contributed by atoms with van der Waals surface area (Å²) >= 11 is 13.6. The van der Waals surface area contributed by atoms with E-state index in [9.17, 15) is 9.18 Å². The third-order valence-corrected chi connectivity index (χ3v) is 8.21. The largest absolute Gasteiger partial charge is 0.272 e. The van der Waals surface area contributed by atoms with E-state index in [1.54, 1.807) is 28.8 Å². The van der Waals surface area contributed by atoms with Crippen LogP contribution in [0, 0.1) is 5.82 Å². The lowest BCUT2D eigenvalue weighted by atomic mass is 9.84. The number of aromatic nitrogens is 1. The summed E-state index contributed by atoms with van der Waals surface area (Å²) in [5, 5.41) is 1.33. The molecule has 2 aliphatic rings. The Labute approximate surface area is 227 Å². The van der Waals surface area contributed by atoms with E-state index >= 15 is 0 Å². The van der Waals surface area contributed by atoms with Crippen molar-refractivity contribution in [2.24, 2.45) is 4.99 Å². The van der Waals surface area contributed by atoms with Crippen molar-refractivity contribution >= 4 is 46.7 Å². The molecule has 184 valence electrons. The van der Waals surface area contributed by atoms with Crippen LogP contribution in [0.25, 0.3) is 12.2 Å². The third kappa shape index (κ3) is 4.63. The Morgan fingerprint density at radius 1 is 0.919 bits per heavy atom. The van der Waals surface area contributed by atoms with Crippen molar-refractivity contribution in [2.45, 2.75) is 25.3 Å². The Kier molecular flexibility index (Phi) is 6.45. The lowest BCUT2D eigenvalue weighted by Crippen LogP contribution is -2.39. The van der Waals surface area contributed by atoms with Crippen molar-refractivity contribution < 1.29 is 4.39 Å². The van der Waals surface area contributed by atoms with Crippen LogP contribution in [0.2, 0.25) is 10.0 Å². The smallest absolute Gasteiger partial charge is 0.271 e. The number of hydrogen-bond acceptors (Lipinski definition) is 3. The Hall–Kier alpha value is -3.25. The predicted molar refractivity (Wildman–Crippen MR) is 149 cm³/mol. The summed E-state index contributed by atoms with van der Waals surface area (Å²) in [5.74, 6) is -0.366. The number of fused-ring (bicyclic) bond motifs is 1. The SMILES string of the molecule is O=c1/c(=C\c2ccccc2F)sc2n1[C@@H](c1ccc(Cl)cc1)C1=C(N=2)/C(=C\c2ccc(Cl)cc2)CCC1. The van der Waals surface area contributed by atoms with E-state index in [4.69, 9.17) is 28.2 Å². The van der Waals surface area contributed by atoms with E-state index in [-0.39, 0.29) is 17.4 Å². The Morgan fingerprint density at radius 2 is 1.62 bits per heavy atom. The van der Waals surface area contributed by atoms with Crippen molar-refractivity contribution in [3.63, 3.8) is 0 Å². The van der Waals surface area contributed by atoms with Gasteiger partial charge in [0.05, 0.1) is 16.3 Å². The molecule has 0 spiro atoms. The minimum Gasteiger partial charge on any atom is -0.272 e. The molecule has 0 saturated heterocycles. The maximum atomic E-state index is 14.4. The highest BCUT2D eigenvalue weighted by Gasteiger charge is 2.32. The standard InChI is InChI=1S/C30H21Cl2FN2OS/c31-22-12-8-18(9-13-22)16-21-5-3-6-24-27(21)34-30-35(28(24)19-10-14-23(32)15-11-19)29(36)26(37-30)17-20-4-1-2-7-25(20)33/h1-2,4,7-17,28H,3,5-6H2/b21-16-,26-17+/t28-/m0/s1. The molecule has 1 aliphatic carbocycles. The zero-order chi connectivity index (χ0) is 25.5. The second-order valence-corrected chi connectivity index (χ2v) is 11.0. The van der Waals surface area contributed by atoms with Gasteiger partial charge in [0.25, 0.3) is 5.56 Å². The summed E-state index contributed by atoms with van der Waals surface area (Å²) < 4.78 is 16.6. The van der Waals surface area contributed by atoms with Gasteiger partial charge in [-0.3, -0.25) is 9.36 Å². The summed E-state index contributed by atoms with van der Waals surface area (Å²) in [5.41, 5.74) is 5.40. The molecule has 1 aromatic heterocycles. The molecule has 4 aromatic rings. The van der Waals surface area contributed by atoms with Crippen molar-refractivity contribution in [3.8, 4) is 0 Å². The van der Waals surface area contributed by atoms with Gasteiger partial charge in [0.15, 0.2) is 4.80 Å². The molecule has 6 rings (SSSR count). The minimum atomic E-state index is -0.366. The lowest BCUT2D eigenvalue weighted by molar-refractivity contribution is 0.553. The first-order chi connectivity index (χ1) is 18.0. The first-order valence-electron chi connectivity index (χ1n) is 12.0. The first-order valence-corrected chi connectivity index (χ1v) is 13.6. The van der Waals surface area contributed by atoms with E-state index in [0.717, 1.165) is 47.2 Å². The maximum absolute atomic E-state index is 14.4. The lowest BCUT2D eigenvalue weighted by Gasteiger charge is -2.31. The molecule has 0 unspecified atom stereocenters. The van der Waals surface area contributed by atoms with Gasteiger partial charge in [-0.2, -0.15) is 0 Å². The number of halogens is 3. The summed E-state index contributed by atoms with van der Waals surface area (Å²) in [6.07, 6.45) is 6.45. The van der Waals surface area contributed by atoms with E-state index < -0.39 is 0 Å². The van der Waals surface area contributed by atoms with Crippen LogP contribution in [0.3, 0.4) is 0 Å². The topological polar surface area (TPSA) is 34.4 Å². The zero-order valence-corrected chi connectivity index (χ0v) is 22.0. The highest BCUT2D eigenvalue weighted by molar-refractivity contribution is 7.07. The van der Waals surface area contributed by atoms with E-state index in [1.165, 1.54) is 17.4 Å². The fraction of sp³-hybridized carbons (Fsp3) is 0.133. The molecule has 7 heteroatoms. The highest BCUT2D eigenvalue weighted by atomic mass is 35.5. The molecular formula is C30H21Cl2FN2OS. The van der Waals surface area contributed by atoms with Gasteiger partial charge in [0, 0.05) is 15.6 Å². The average molecular weight is 547 g/mol. The van der Waals surface area contributed by atoms with Gasteiger partial charge in [-0.15, -0.1) is 0 Å². The molecule has 0 radical (unpaired) electrons. The van der Waals surface area contributed by atoms with Gasteiger partial charge in [-0.05, 0) is 84.0 Å². The second-order valence-electron chi connectivity index (χ2n) is 9.10. The molecule has 0 saturated carbocycles.